The van der Waals surface area contributed by atoms with Gasteiger partial charge in [-0.05, 0) is 23.8 Å². The summed E-state index contributed by atoms with van der Waals surface area (Å²) in [6.45, 7) is 0.462. The van der Waals surface area contributed by atoms with Crippen LogP contribution in [0.2, 0.25) is 5.15 Å². The van der Waals surface area contributed by atoms with Crippen LogP contribution in [0.5, 0.6) is 5.88 Å². The Balaban J connectivity index is 1.97. The van der Waals surface area contributed by atoms with E-state index >= 15 is 0 Å². The van der Waals surface area contributed by atoms with Gasteiger partial charge in [-0.2, -0.15) is 0 Å². The van der Waals surface area contributed by atoms with Crippen molar-refractivity contribution in [2.75, 3.05) is 0 Å². The molecule has 0 atom stereocenters. The van der Waals surface area contributed by atoms with Gasteiger partial charge in [0, 0.05) is 10.5 Å². The van der Waals surface area contributed by atoms with Crippen molar-refractivity contribution in [3.63, 3.8) is 0 Å². The van der Waals surface area contributed by atoms with Crippen molar-refractivity contribution in [3.05, 3.63) is 51.6 Å². The van der Waals surface area contributed by atoms with Gasteiger partial charge in [0.2, 0.25) is 5.88 Å². The number of hydrogen-bond acceptors (Lipinski definition) is 3. The minimum Gasteiger partial charge on any atom is -0.472 e. The van der Waals surface area contributed by atoms with Crippen molar-refractivity contribution >= 4 is 27.5 Å². The standard InChI is InChI=1S/C11H8BrClN2O/c12-9-3-1-8(2-4-9)7-16-11-6-5-10(13)14-15-11/h1-6H,7H2. The van der Waals surface area contributed by atoms with E-state index in [0.717, 1.165) is 10.0 Å². The number of nitrogens with zero attached hydrogens (tertiary/aromatic N) is 2. The molecule has 1 aromatic heterocycles. The second kappa shape index (κ2) is 5.27. The van der Waals surface area contributed by atoms with Crippen LogP contribution in [-0.4, -0.2) is 10.2 Å². The lowest BCUT2D eigenvalue weighted by Gasteiger charge is -2.04. The first-order chi connectivity index (χ1) is 7.74. The predicted octanol–water partition coefficient (Wildman–Crippen LogP) is 3.47. The van der Waals surface area contributed by atoms with Crippen LogP contribution in [-0.2, 0) is 6.61 Å². The van der Waals surface area contributed by atoms with Crippen molar-refractivity contribution in [1.82, 2.24) is 10.2 Å². The molecule has 0 aliphatic rings. The van der Waals surface area contributed by atoms with E-state index in [4.69, 9.17) is 16.3 Å². The molecule has 5 heteroatoms. The Morgan fingerprint density at radius 2 is 1.81 bits per heavy atom. The SMILES string of the molecule is Clc1ccc(OCc2ccc(Br)cc2)nn1. The zero-order chi connectivity index (χ0) is 11.4. The Hall–Kier alpha value is -1.13. The maximum Gasteiger partial charge on any atom is 0.233 e. The highest BCUT2D eigenvalue weighted by molar-refractivity contribution is 9.10. The molecule has 0 N–H and O–H groups in total. The molecule has 0 unspecified atom stereocenters. The number of aromatic nitrogens is 2. The fourth-order valence-electron chi connectivity index (χ4n) is 1.12. The van der Waals surface area contributed by atoms with Gasteiger partial charge in [-0.25, -0.2) is 0 Å². The van der Waals surface area contributed by atoms with Crippen LogP contribution in [0.15, 0.2) is 40.9 Å². The molecule has 0 bridgehead atoms. The van der Waals surface area contributed by atoms with Crippen molar-refractivity contribution in [2.24, 2.45) is 0 Å². The Bertz CT molecular complexity index is 413. The molecule has 0 aliphatic carbocycles. The topological polar surface area (TPSA) is 35.0 Å². The summed E-state index contributed by atoms with van der Waals surface area (Å²) in [5, 5.41) is 7.84. The number of ether oxygens (including phenoxy) is 1. The lowest BCUT2D eigenvalue weighted by molar-refractivity contribution is 0.290. The Kier molecular flexibility index (Phi) is 3.74. The molecule has 2 rings (SSSR count). The van der Waals surface area contributed by atoms with Crippen molar-refractivity contribution in [3.8, 4) is 5.88 Å². The van der Waals surface area contributed by atoms with Crippen LogP contribution >= 0.6 is 27.5 Å². The maximum absolute atomic E-state index is 5.61. The fourth-order valence-corrected chi connectivity index (χ4v) is 1.48. The average molecular weight is 300 g/mol. The number of benzene rings is 1. The largest absolute Gasteiger partial charge is 0.472 e. The smallest absolute Gasteiger partial charge is 0.233 e. The number of hydrogen-bond donors (Lipinski definition) is 0. The van der Waals surface area contributed by atoms with Crippen molar-refractivity contribution in [2.45, 2.75) is 6.61 Å². The van der Waals surface area contributed by atoms with Crippen molar-refractivity contribution in [1.29, 1.82) is 0 Å². The molecule has 0 spiro atoms. The Morgan fingerprint density at radius 1 is 1.06 bits per heavy atom. The molecule has 1 aromatic carbocycles. The maximum atomic E-state index is 5.61. The molecule has 0 radical (unpaired) electrons. The van der Waals surface area contributed by atoms with E-state index in [-0.39, 0.29) is 0 Å². The Labute approximate surface area is 107 Å². The van der Waals surface area contributed by atoms with Crippen LogP contribution in [0.1, 0.15) is 5.56 Å². The molecule has 16 heavy (non-hydrogen) atoms. The molecular formula is C11H8BrClN2O. The van der Waals surface area contributed by atoms with E-state index in [1.807, 2.05) is 24.3 Å². The molecule has 0 saturated heterocycles. The summed E-state index contributed by atoms with van der Waals surface area (Å²) in [7, 11) is 0. The summed E-state index contributed by atoms with van der Waals surface area (Å²) in [5.74, 6) is 0.465. The highest BCUT2D eigenvalue weighted by atomic mass is 79.9. The summed E-state index contributed by atoms with van der Waals surface area (Å²) in [6, 6.07) is 11.2. The summed E-state index contributed by atoms with van der Waals surface area (Å²) in [6.07, 6.45) is 0. The van der Waals surface area contributed by atoms with Gasteiger partial charge in [-0.15, -0.1) is 10.2 Å². The monoisotopic (exact) mass is 298 g/mol. The molecule has 0 saturated carbocycles. The third-order valence-corrected chi connectivity index (χ3v) is 2.64. The first-order valence-electron chi connectivity index (χ1n) is 4.60. The van der Waals surface area contributed by atoms with Gasteiger partial charge in [0.25, 0.3) is 0 Å². The fraction of sp³-hybridized carbons (Fsp3) is 0.0909. The predicted molar refractivity (Wildman–Crippen MR) is 65.5 cm³/mol. The normalized spacial score (nSPS) is 10.1. The van der Waals surface area contributed by atoms with Crippen LogP contribution in [0.4, 0.5) is 0 Å². The highest BCUT2D eigenvalue weighted by Gasteiger charge is 1.98. The van der Waals surface area contributed by atoms with E-state index in [9.17, 15) is 0 Å². The van der Waals surface area contributed by atoms with Gasteiger partial charge in [0.1, 0.15) is 6.61 Å². The van der Waals surface area contributed by atoms with Crippen LogP contribution in [0.3, 0.4) is 0 Å². The summed E-state index contributed by atoms with van der Waals surface area (Å²) < 4.78 is 6.48. The molecule has 1 heterocycles. The third kappa shape index (κ3) is 3.18. The average Bonchev–Trinajstić information content (AvgIpc) is 2.30. The van der Waals surface area contributed by atoms with E-state index in [1.165, 1.54) is 0 Å². The summed E-state index contributed by atoms with van der Waals surface area (Å²) in [5.41, 5.74) is 1.07. The highest BCUT2D eigenvalue weighted by Crippen LogP contribution is 2.13. The molecule has 0 amide bonds. The minimum absolute atomic E-state index is 0.357. The number of halogens is 2. The first-order valence-corrected chi connectivity index (χ1v) is 5.77. The minimum atomic E-state index is 0.357. The van der Waals surface area contributed by atoms with Gasteiger partial charge >= 0.3 is 0 Å². The lowest BCUT2D eigenvalue weighted by Crippen LogP contribution is -1.97. The van der Waals surface area contributed by atoms with Crippen molar-refractivity contribution < 1.29 is 4.74 Å². The Morgan fingerprint density at radius 3 is 2.44 bits per heavy atom. The molecular weight excluding hydrogens is 291 g/mol. The summed E-state index contributed by atoms with van der Waals surface area (Å²) >= 11 is 8.98. The van der Waals surface area contributed by atoms with E-state index in [2.05, 4.69) is 26.1 Å². The van der Waals surface area contributed by atoms with Crippen LogP contribution in [0, 0.1) is 0 Å². The van der Waals surface area contributed by atoms with Gasteiger partial charge in [-0.3, -0.25) is 0 Å². The second-order valence-corrected chi connectivity index (χ2v) is 4.41. The third-order valence-electron chi connectivity index (χ3n) is 1.91. The first kappa shape index (κ1) is 11.4. The molecule has 82 valence electrons. The molecule has 2 aromatic rings. The van der Waals surface area contributed by atoms with Gasteiger partial charge in [0.15, 0.2) is 5.15 Å². The molecule has 0 aliphatic heterocycles. The lowest BCUT2D eigenvalue weighted by atomic mass is 10.2. The van der Waals surface area contributed by atoms with E-state index < -0.39 is 0 Å². The zero-order valence-corrected chi connectivity index (χ0v) is 10.6. The van der Waals surface area contributed by atoms with E-state index in [1.54, 1.807) is 12.1 Å². The van der Waals surface area contributed by atoms with Gasteiger partial charge in [-0.1, -0.05) is 39.7 Å². The van der Waals surface area contributed by atoms with E-state index in [0.29, 0.717) is 17.6 Å². The van der Waals surface area contributed by atoms with Crippen LogP contribution in [0.25, 0.3) is 0 Å². The number of rotatable bonds is 3. The summed E-state index contributed by atoms with van der Waals surface area (Å²) in [4.78, 5) is 0. The quantitative estimate of drug-likeness (QED) is 0.870. The molecule has 3 nitrogen and oxygen atoms in total. The van der Waals surface area contributed by atoms with Crippen LogP contribution < -0.4 is 4.74 Å². The second-order valence-electron chi connectivity index (χ2n) is 3.11. The zero-order valence-electron chi connectivity index (χ0n) is 8.23. The molecule has 0 fully saturated rings. The van der Waals surface area contributed by atoms with Gasteiger partial charge < -0.3 is 4.74 Å². The van der Waals surface area contributed by atoms with Gasteiger partial charge in [0.05, 0.1) is 0 Å².